The largest absolute Gasteiger partial charge is 0.366 e. The third kappa shape index (κ3) is 5.16. The number of rotatable bonds is 3. The van der Waals surface area contributed by atoms with Crippen LogP contribution in [-0.2, 0) is 16.0 Å². The zero-order valence-corrected chi connectivity index (χ0v) is 16.2. The van der Waals surface area contributed by atoms with E-state index in [1.54, 1.807) is 0 Å². The van der Waals surface area contributed by atoms with Crippen LogP contribution < -0.4 is 10.2 Å². The summed E-state index contributed by atoms with van der Waals surface area (Å²) in [6.45, 7) is 7.36. The maximum Gasteiger partial charge on any atom is 0.253 e. The molecule has 3 rings (SSSR count). The number of nitrogens with zero attached hydrogens (tertiary/aromatic N) is 4. The Kier molecular flexibility index (Phi) is 9.22. The zero-order chi connectivity index (χ0) is 15.4. The van der Waals surface area contributed by atoms with Crippen molar-refractivity contribution >= 4 is 47.4 Å². The van der Waals surface area contributed by atoms with E-state index in [9.17, 15) is 4.79 Å². The van der Waals surface area contributed by atoms with Crippen molar-refractivity contribution in [3.8, 4) is 0 Å². The SMILES string of the molecule is CCc1nsc(N2CCCN(C(=O)C3CNCCO3)CC2)n1.Cl.Cl. The molecule has 0 radical (unpaired) electrons. The van der Waals surface area contributed by atoms with Crippen LogP contribution in [0, 0.1) is 0 Å². The minimum Gasteiger partial charge on any atom is -0.366 e. The predicted octanol–water partition coefficient (Wildman–Crippen LogP) is 0.971. The molecule has 2 aliphatic heterocycles. The van der Waals surface area contributed by atoms with Crippen LogP contribution >= 0.6 is 36.3 Å². The van der Waals surface area contributed by atoms with Crippen LogP contribution in [0.5, 0.6) is 0 Å². The fourth-order valence-electron chi connectivity index (χ4n) is 2.77. The number of nitrogens with one attached hydrogen (secondary N) is 1. The second-order valence-electron chi connectivity index (χ2n) is 5.58. The maximum absolute atomic E-state index is 12.5. The first-order chi connectivity index (χ1) is 10.8. The van der Waals surface area contributed by atoms with Crippen LogP contribution in [0.1, 0.15) is 19.2 Å². The second kappa shape index (κ2) is 10.4. The number of halogens is 2. The number of ether oxygens (including phenoxy) is 1. The van der Waals surface area contributed by atoms with Crippen molar-refractivity contribution in [1.82, 2.24) is 19.6 Å². The highest BCUT2D eigenvalue weighted by Crippen LogP contribution is 2.19. The van der Waals surface area contributed by atoms with Crippen molar-refractivity contribution in [2.24, 2.45) is 0 Å². The van der Waals surface area contributed by atoms with Crippen molar-refractivity contribution in [3.05, 3.63) is 5.82 Å². The first-order valence-corrected chi connectivity index (χ1v) is 8.74. The average Bonchev–Trinajstić information content (AvgIpc) is 2.92. The molecule has 0 aliphatic carbocycles. The molecule has 0 saturated carbocycles. The van der Waals surface area contributed by atoms with E-state index in [4.69, 9.17) is 4.74 Å². The van der Waals surface area contributed by atoms with Crippen LogP contribution in [0.3, 0.4) is 0 Å². The van der Waals surface area contributed by atoms with Gasteiger partial charge in [-0.25, -0.2) is 4.98 Å². The van der Waals surface area contributed by atoms with Gasteiger partial charge in [0.2, 0.25) is 5.13 Å². The highest BCUT2D eigenvalue weighted by molar-refractivity contribution is 7.09. The minimum absolute atomic E-state index is 0. The van der Waals surface area contributed by atoms with Gasteiger partial charge in [-0.1, -0.05) is 6.92 Å². The number of hydrogen-bond donors (Lipinski definition) is 1. The summed E-state index contributed by atoms with van der Waals surface area (Å²) in [5.74, 6) is 1.01. The first-order valence-electron chi connectivity index (χ1n) is 7.96. The molecule has 2 fully saturated rings. The molecule has 7 nitrogen and oxygen atoms in total. The van der Waals surface area contributed by atoms with E-state index in [0.29, 0.717) is 13.2 Å². The summed E-state index contributed by atoms with van der Waals surface area (Å²) < 4.78 is 9.92. The van der Waals surface area contributed by atoms with Gasteiger partial charge in [0.15, 0.2) is 0 Å². The summed E-state index contributed by atoms with van der Waals surface area (Å²) in [4.78, 5) is 21.2. The molecule has 0 aromatic carbocycles. The quantitative estimate of drug-likeness (QED) is 0.819. The summed E-state index contributed by atoms with van der Waals surface area (Å²) in [6, 6.07) is 0. The van der Waals surface area contributed by atoms with Gasteiger partial charge in [-0.2, -0.15) is 4.37 Å². The number of carbonyl (C=O) groups excluding carboxylic acids is 1. The van der Waals surface area contributed by atoms with Gasteiger partial charge in [0.05, 0.1) is 6.61 Å². The molecule has 1 N–H and O–H groups in total. The first kappa shape index (κ1) is 21.4. The van der Waals surface area contributed by atoms with Gasteiger partial charge in [-0.15, -0.1) is 24.8 Å². The molecule has 1 amide bonds. The van der Waals surface area contributed by atoms with Crippen LogP contribution in [0.4, 0.5) is 5.13 Å². The Balaban J connectivity index is 0.00000144. The lowest BCUT2D eigenvalue weighted by atomic mass is 10.2. The fraction of sp³-hybridized carbons (Fsp3) is 0.786. The summed E-state index contributed by atoms with van der Waals surface area (Å²) in [5, 5.41) is 4.19. The van der Waals surface area contributed by atoms with Crippen LogP contribution in [0.15, 0.2) is 0 Å². The normalized spacial score (nSPS) is 21.5. The van der Waals surface area contributed by atoms with Gasteiger partial charge in [-0.05, 0) is 6.42 Å². The van der Waals surface area contributed by atoms with Gasteiger partial charge in [0.25, 0.3) is 5.91 Å². The molecule has 1 aromatic rings. The van der Waals surface area contributed by atoms with E-state index in [0.717, 1.165) is 56.5 Å². The number of anilines is 1. The van der Waals surface area contributed by atoms with Crippen molar-refractivity contribution in [3.63, 3.8) is 0 Å². The fourth-order valence-corrected chi connectivity index (χ4v) is 3.57. The molecule has 2 aliphatic rings. The molecule has 1 atom stereocenters. The third-order valence-electron chi connectivity index (χ3n) is 4.05. The van der Waals surface area contributed by atoms with Gasteiger partial charge in [0.1, 0.15) is 11.9 Å². The Labute approximate surface area is 159 Å². The summed E-state index contributed by atoms with van der Waals surface area (Å²) in [7, 11) is 0. The molecule has 3 heterocycles. The summed E-state index contributed by atoms with van der Waals surface area (Å²) in [6.07, 6.45) is 1.49. The number of aromatic nitrogens is 2. The van der Waals surface area contributed by atoms with Gasteiger partial charge in [0, 0.05) is 57.2 Å². The Morgan fingerprint density at radius 1 is 1.33 bits per heavy atom. The molecular weight excluding hydrogens is 373 g/mol. The maximum atomic E-state index is 12.5. The molecular formula is C14H25Cl2N5O2S. The van der Waals surface area contributed by atoms with E-state index in [1.807, 2.05) is 4.90 Å². The lowest BCUT2D eigenvalue weighted by Crippen LogP contribution is -2.50. The summed E-state index contributed by atoms with van der Waals surface area (Å²) in [5.41, 5.74) is 0. The van der Waals surface area contributed by atoms with Crippen LogP contribution in [-0.4, -0.2) is 72.1 Å². The Morgan fingerprint density at radius 2 is 2.17 bits per heavy atom. The van der Waals surface area contributed by atoms with E-state index in [2.05, 4.69) is 26.5 Å². The number of amides is 1. The highest BCUT2D eigenvalue weighted by atomic mass is 35.5. The van der Waals surface area contributed by atoms with E-state index in [-0.39, 0.29) is 36.8 Å². The third-order valence-corrected chi connectivity index (χ3v) is 4.87. The van der Waals surface area contributed by atoms with Crippen LogP contribution in [0.25, 0.3) is 0 Å². The molecule has 138 valence electrons. The Bertz CT molecular complexity index is 513. The molecule has 0 bridgehead atoms. The van der Waals surface area contributed by atoms with Crippen molar-refractivity contribution < 1.29 is 9.53 Å². The number of carbonyl (C=O) groups is 1. The standard InChI is InChI=1S/C14H23N5O2S.2ClH/c1-2-12-16-14(22-17-12)19-6-3-5-18(7-8-19)13(20)11-10-15-4-9-21-11;;/h11,15H,2-10H2,1H3;2*1H. The number of aryl methyl sites for hydroxylation is 1. The zero-order valence-electron chi connectivity index (χ0n) is 13.8. The minimum atomic E-state index is -0.325. The summed E-state index contributed by atoms with van der Waals surface area (Å²) >= 11 is 1.45. The van der Waals surface area contributed by atoms with Crippen LogP contribution in [0.2, 0.25) is 0 Å². The van der Waals surface area contributed by atoms with Crippen molar-refractivity contribution in [1.29, 1.82) is 0 Å². The lowest BCUT2D eigenvalue weighted by molar-refractivity contribution is -0.144. The number of morpholine rings is 1. The van der Waals surface area contributed by atoms with E-state index < -0.39 is 0 Å². The Hall–Kier alpha value is -0.670. The molecule has 1 unspecified atom stereocenters. The second-order valence-corrected chi connectivity index (χ2v) is 6.31. The highest BCUT2D eigenvalue weighted by Gasteiger charge is 2.28. The molecule has 2 saturated heterocycles. The van der Waals surface area contributed by atoms with E-state index >= 15 is 0 Å². The van der Waals surface area contributed by atoms with Crippen molar-refractivity contribution in [2.75, 3.05) is 50.8 Å². The lowest BCUT2D eigenvalue weighted by Gasteiger charge is -2.29. The average molecular weight is 398 g/mol. The van der Waals surface area contributed by atoms with Gasteiger partial charge in [-0.3, -0.25) is 4.79 Å². The Morgan fingerprint density at radius 3 is 2.83 bits per heavy atom. The monoisotopic (exact) mass is 397 g/mol. The predicted molar refractivity (Wildman–Crippen MR) is 99.8 cm³/mol. The molecule has 24 heavy (non-hydrogen) atoms. The van der Waals surface area contributed by atoms with Crippen molar-refractivity contribution in [2.45, 2.75) is 25.9 Å². The van der Waals surface area contributed by atoms with Gasteiger partial charge >= 0.3 is 0 Å². The number of hydrogen-bond acceptors (Lipinski definition) is 7. The topological polar surface area (TPSA) is 70.6 Å². The van der Waals surface area contributed by atoms with E-state index in [1.165, 1.54) is 11.5 Å². The smallest absolute Gasteiger partial charge is 0.253 e. The molecule has 1 aromatic heterocycles. The molecule has 0 spiro atoms. The molecule has 10 heteroatoms. The van der Waals surface area contributed by atoms with Gasteiger partial charge < -0.3 is 19.9 Å².